The summed E-state index contributed by atoms with van der Waals surface area (Å²) >= 11 is 0.230. The molecule has 3 nitrogen and oxygen atoms in total. The predicted molar refractivity (Wildman–Crippen MR) is 108 cm³/mol. The van der Waals surface area contributed by atoms with Gasteiger partial charge in [-0.05, 0) is 32.1 Å². The minimum atomic E-state index is -0.664. The Kier molecular flexibility index (Phi) is 33.3. The number of rotatable bonds is 15. The molecular formula is C20H42O3Sn. The SMILES string of the molecule is CCCCCCCCC=CCCCCCCCC(=O)O.O.[CH3][Sn][CH3]. The van der Waals surface area contributed by atoms with Crippen LogP contribution in [0.1, 0.15) is 96.8 Å². The van der Waals surface area contributed by atoms with Crippen molar-refractivity contribution >= 4 is 27.1 Å². The molecule has 0 spiro atoms. The quantitative estimate of drug-likeness (QED) is 0.187. The Balaban J connectivity index is -0.00000102. The Morgan fingerprint density at radius 1 is 0.792 bits per heavy atom. The van der Waals surface area contributed by atoms with Crippen molar-refractivity contribution in [2.75, 3.05) is 0 Å². The third kappa shape index (κ3) is 33.5. The van der Waals surface area contributed by atoms with Crippen LogP contribution in [-0.2, 0) is 4.79 Å². The van der Waals surface area contributed by atoms with Gasteiger partial charge in [0, 0.05) is 6.42 Å². The minimum absolute atomic E-state index is 0. The Bertz CT molecular complexity index is 255. The molecule has 2 radical (unpaired) electrons. The molecule has 0 aromatic carbocycles. The van der Waals surface area contributed by atoms with Crippen molar-refractivity contribution in [3.8, 4) is 0 Å². The average Bonchev–Trinajstić information content (AvgIpc) is 2.51. The number of aliphatic carboxylic acids is 1. The summed E-state index contributed by atoms with van der Waals surface area (Å²) in [4.78, 5) is 14.9. The molecule has 0 atom stereocenters. The van der Waals surface area contributed by atoms with Crippen LogP contribution in [0.3, 0.4) is 0 Å². The van der Waals surface area contributed by atoms with E-state index in [0.717, 1.165) is 12.8 Å². The van der Waals surface area contributed by atoms with E-state index in [1.54, 1.807) is 0 Å². The molecule has 0 heterocycles. The first-order valence-electron chi connectivity index (χ1n) is 9.64. The standard InChI is InChI=1S/C18H34O2.2CH3.H2O.Sn/c1-2-3-4-5-6-7-8-9-10-11-12-13-14-15-16-17-18(19)20;;;;/h9-10H,2-8,11-17H2,1H3,(H,19,20);2*1H3;1H2;. The van der Waals surface area contributed by atoms with Crippen molar-refractivity contribution in [1.29, 1.82) is 0 Å². The van der Waals surface area contributed by atoms with Crippen LogP contribution >= 0.6 is 0 Å². The fourth-order valence-corrected chi connectivity index (χ4v) is 2.35. The van der Waals surface area contributed by atoms with Gasteiger partial charge in [0.25, 0.3) is 0 Å². The third-order valence-electron chi connectivity index (χ3n) is 3.65. The second kappa shape index (κ2) is 27.8. The zero-order valence-electron chi connectivity index (χ0n) is 16.4. The Hall–Kier alpha value is -0.0313. The van der Waals surface area contributed by atoms with Crippen molar-refractivity contribution in [3.05, 3.63) is 12.2 Å². The molecule has 0 aliphatic heterocycles. The Morgan fingerprint density at radius 2 is 1.17 bits per heavy atom. The van der Waals surface area contributed by atoms with Crippen molar-refractivity contribution < 1.29 is 15.4 Å². The number of carbonyl (C=O) groups is 1. The molecule has 0 aromatic heterocycles. The van der Waals surface area contributed by atoms with Crippen molar-refractivity contribution in [2.24, 2.45) is 0 Å². The van der Waals surface area contributed by atoms with Gasteiger partial charge in [-0.1, -0.05) is 70.4 Å². The van der Waals surface area contributed by atoms with Gasteiger partial charge in [-0.15, -0.1) is 0 Å². The molecular weight excluding hydrogens is 407 g/mol. The van der Waals surface area contributed by atoms with E-state index in [1.165, 1.54) is 70.6 Å². The van der Waals surface area contributed by atoms with Gasteiger partial charge in [-0.2, -0.15) is 0 Å². The molecule has 0 rings (SSSR count). The maximum atomic E-state index is 10.3. The first kappa shape index (κ1) is 28.8. The molecule has 3 N–H and O–H groups in total. The van der Waals surface area contributed by atoms with E-state index < -0.39 is 5.97 Å². The Labute approximate surface area is 161 Å². The second-order valence-electron chi connectivity index (χ2n) is 6.23. The summed E-state index contributed by atoms with van der Waals surface area (Å²) in [5.41, 5.74) is 0. The molecule has 0 aliphatic carbocycles. The van der Waals surface area contributed by atoms with Crippen LogP contribution in [0.4, 0.5) is 0 Å². The first-order chi connectivity index (χ1) is 11.2. The molecule has 0 amide bonds. The number of carboxylic acid groups (broad SMARTS) is 1. The molecule has 0 bridgehead atoms. The fraction of sp³-hybridized carbons (Fsp3) is 0.850. The molecule has 0 fully saturated rings. The molecule has 0 aromatic rings. The summed E-state index contributed by atoms with van der Waals surface area (Å²) in [5, 5.41) is 8.51. The van der Waals surface area contributed by atoms with E-state index in [2.05, 4.69) is 29.0 Å². The summed E-state index contributed by atoms with van der Waals surface area (Å²) in [5.74, 6) is -0.664. The third-order valence-corrected chi connectivity index (χ3v) is 3.65. The van der Waals surface area contributed by atoms with Gasteiger partial charge in [-0.25, -0.2) is 0 Å². The van der Waals surface area contributed by atoms with Crippen LogP contribution < -0.4 is 0 Å². The van der Waals surface area contributed by atoms with Crippen molar-refractivity contribution in [2.45, 2.75) is 107 Å². The zero-order valence-corrected chi connectivity index (χ0v) is 19.3. The van der Waals surface area contributed by atoms with Gasteiger partial charge in [0.2, 0.25) is 0 Å². The number of hydrogen-bond donors (Lipinski definition) is 1. The van der Waals surface area contributed by atoms with Crippen LogP contribution in [0, 0.1) is 0 Å². The number of hydrogen-bond acceptors (Lipinski definition) is 1. The van der Waals surface area contributed by atoms with Crippen LogP contribution in [0.5, 0.6) is 0 Å². The van der Waals surface area contributed by atoms with Crippen LogP contribution in [0.25, 0.3) is 0 Å². The summed E-state index contributed by atoms with van der Waals surface area (Å²) in [7, 11) is 0. The van der Waals surface area contributed by atoms with E-state index >= 15 is 0 Å². The van der Waals surface area contributed by atoms with Crippen molar-refractivity contribution in [3.63, 3.8) is 0 Å². The zero-order chi connectivity index (χ0) is 17.6. The monoisotopic (exact) mass is 450 g/mol. The molecule has 4 heteroatoms. The van der Waals surface area contributed by atoms with E-state index in [9.17, 15) is 4.79 Å². The second-order valence-corrected chi connectivity index (χ2v) is 9.08. The van der Waals surface area contributed by atoms with Crippen LogP contribution in [-0.4, -0.2) is 37.7 Å². The first-order valence-corrected chi connectivity index (χ1v) is 15.3. The average molecular weight is 449 g/mol. The van der Waals surface area contributed by atoms with E-state index in [4.69, 9.17) is 5.11 Å². The van der Waals surface area contributed by atoms with E-state index in [-0.39, 0.29) is 26.6 Å². The van der Waals surface area contributed by atoms with E-state index in [1.807, 2.05) is 0 Å². The molecule has 0 saturated heterocycles. The van der Waals surface area contributed by atoms with E-state index in [0.29, 0.717) is 6.42 Å². The van der Waals surface area contributed by atoms with Gasteiger partial charge >= 0.3 is 37.0 Å². The Morgan fingerprint density at radius 3 is 1.58 bits per heavy atom. The van der Waals surface area contributed by atoms with Gasteiger partial charge in [0.1, 0.15) is 0 Å². The topological polar surface area (TPSA) is 68.8 Å². The summed E-state index contributed by atoms with van der Waals surface area (Å²) < 4.78 is 0. The van der Waals surface area contributed by atoms with Gasteiger partial charge < -0.3 is 10.6 Å². The molecule has 24 heavy (non-hydrogen) atoms. The fourth-order valence-electron chi connectivity index (χ4n) is 2.35. The number of unbranched alkanes of at least 4 members (excludes halogenated alkanes) is 11. The number of carboxylic acids is 1. The summed E-state index contributed by atoms with van der Waals surface area (Å²) in [6.45, 7) is 2.26. The summed E-state index contributed by atoms with van der Waals surface area (Å²) in [6.07, 6.45) is 21.2. The van der Waals surface area contributed by atoms with Gasteiger partial charge in [0.15, 0.2) is 0 Å². The molecule has 144 valence electrons. The van der Waals surface area contributed by atoms with Crippen molar-refractivity contribution in [1.82, 2.24) is 0 Å². The molecule has 0 unspecified atom stereocenters. The molecule has 0 saturated carbocycles. The van der Waals surface area contributed by atoms with Gasteiger partial charge in [0.05, 0.1) is 0 Å². The van der Waals surface area contributed by atoms with Gasteiger partial charge in [-0.3, -0.25) is 4.79 Å². The molecule has 0 aliphatic rings. The predicted octanol–water partition coefficient (Wildman–Crippen LogP) is 6.07. The van der Waals surface area contributed by atoms with Crippen LogP contribution in [0.15, 0.2) is 12.2 Å². The normalized spacial score (nSPS) is 10.1. The van der Waals surface area contributed by atoms with Crippen LogP contribution in [0.2, 0.25) is 9.88 Å². The maximum absolute atomic E-state index is 10.3. The summed E-state index contributed by atoms with van der Waals surface area (Å²) in [6, 6.07) is 0. The number of allylic oxidation sites excluding steroid dienone is 2.